The fourth-order valence-electron chi connectivity index (χ4n) is 2.01. The van der Waals surface area contributed by atoms with Gasteiger partial charge in [-0.05, 0) is 35.4 Å². The van der Waals surface area contributed by atoms with Crippen LogP contribution in [0.15, 0.2) is 41.5 Å². The molecular formula is C17H10Cl2F8N2O. The first kappa shape index (κ1) is 24.0. The molecule has 30 heavy (non-hydrogen) atoms. The molecule has 2 rings (SSSR count). The molecule has 0 aromatic heterocycles. The van der Waals surface area contributed by atoms with E-state index in [0.717, 1.165) is 12.1 Å². The van der Waals surface area contributed by atoms with Crippen LogP contribution in [0, 0.1) is 5.82 Å². The van der Waals surface area contributed by atoms with Crippen LogP contribution in [0.2, 0.25) is 10.0 Å². The third-order valence-corrected chi connectivity index (χ3v) is 4.02. The van der Waals surface area contributed by atoms with Crippen LogP contribution < -0.4 is 10.2 Å². The molecule has 0 amide bonds. The van der Waals surface area contributed by atoms with Crippen molar-refractivity contribution in [2.75, 3.05) is 0 Å². The largest absolute Gasteiger partial charge is 0.486 e. The summed E-state index contributed by atoms with van der Waals surface area (Å²) < 4.78 is 106. The second kappa shape index (κ2) is 8.84. The summed E-state index contributed by atoms with van der Waals surface area (Å²) in [6, 6.07) is 1.89. The summed E-state index contributed by atoms with van der Waals surface area (Å²) in [5.41, 5.74) is 0.812. The van der Waals surface area contributed by atoms with Gasteiger partial charge in [-0.1, -0.05) is 35.3 Å². The fourth-order valence-corrected chi connectivity index (χ4v) is 2.62. The van der Waals surface area contributed by atoms with Crippen molar-refractivity contribution in [3.63, 3.8) is 0 Å². The van der Waals surface area contributed by atoms with Crippen molar-refractivity contribution in [2.45, 2.75) is 24.8 Å². The van der Waals surface area contributed by atoms with Gasteiger partial charge in [0.25, 0.3) is 0 Å². The molecule has 1 N–H and O–H groups in total. The Morgan fingerprint density at radius 3 is 2.10 bits per heavy atom. The summed E-state index contributed by atoms with van der Waals surface area (Å²) in [7, 11) is 0. The molecule has 2 aromatic carbocycles. The van der Waals surface area contributed by atoms with E-state index in [1.54, 1.807) is 6.07 Å². The number of nitrogens with one attached hydrogen (secondary N) is 1. The molecule has 0 saturated heterocycles. The minimum atomic E-state index is -6.49. The molecule has 0 aliphatic rings. The Morgan fingerprint density at radius 2 is 1.57 bits per heavy atom. The lowest BCUT2D eigenvalue weighted by Gasteiger charge is -2.27. The normalized spacial score (nSPS) is 13.0. The van der Waals surface area contributed by atoms with Gasteiger partial charge in [0.2, 0.25) is 0 Å². The third kappa shape index (κ3) is 5.45. The van der Waals surface area contributed by atoms with Crippen LogP contribution in [0.5, 0.6) is 5.75 Å². The molecule has 0 aliphatic carbocycles. The third-order valence-electron chi connectivity index (χ3n) is 3.46. The van der Waals surface area contributed by atoms with Gasteiger partial charge >= 0.3 is 18.1 Å². The Labute approximate surface area is 174 Å². The Kier molecular flexibility index (Phi) is 7.08. The van der Waals surface area contributed by atoms with Crippen molar-refractivity contribution in [3.05, 3.63) is 63.4 Å². The summed E-state index contributed by atoms with van der Waals surface area (Å²) in [6.07, 6.45) is -5.99. The monoisotopic (exact) mass is 480 g/mol. The highest BCUT2D eigenvalue weighted by Crippen LogP contribution is 2.45. The zero-order chi connectivity index (χ0) is 22.7. The van der Waals surface area contributed by atoms with Gasteiger partial charge in [-0.15, -0.1) is 0 Å². The fraction of sp³-hybridized carbons (Fsp3) is 0.235. The standard InChI is InChI=1S/C17H10Cl2F8N2O/c18-12-5-10(7-28-29-17(26,27)15(21,22)16(23,24)25)6-13(19)14(12)30-8-9-2-1-3-11(20)4-9/h1-7,29H,8H2/b28-7+. The lowest BCUT2D eigenvalue weighted by atomic mass is 10.2. The minimum Gasteiger partial charge on any atom is -0.486 e. The molecule has 164 valence electrons. The van der Waals surface area contributed by atoms with Crippen LogP contribution in [-0.4, -0.2) is 24.4 Å². The van der Waals surface area contributed by atoms with Crippen LogP contribution in [-0.2, 0) is 6.61 Å². The molecule has 0 spiro atoms. The Bertz CT molecular complexity index is 911. The van der Waals surface area contributed by atoms with E-state index in [1.165, 1.54) is 18.2 Å². The number of hydrazone groups is 1. The molecule has 0 radical (unpaired) electrons. The van der Waals surface area contributed by atoms with Crippen molar-refractivity contribution in [1.29, 1.82) is 0 Å². The average molecular weight is 481 g/mol. The van der Waals surface area contributed by atoms with E-state index >= 15 is 0 Å². The number of hydrogen-bond acceptors (Lipinski definition) is 3. The number of ether oxygens (including phenoxy) is 1. The predicted octanol–water partition coefficient (Wildman–Crippen LogP) is 6.43. The maximum absolute atomic E-state index is 13.2. The molecule has 3 nitrogen and oxygen atoms in total. The lowest BCUT2D eigenvalue weighted by Crippen LogP contribution is -2.58. The summed E-state index contributed by atoms with van der Waals surface area (Å²) in [5, 5.41) is 2.41. The zero-order valence-corrected chi connectivity index (χ0v) is 15.9. The van der Waals surface area contributed by atoms with Gasteiger partial charge in [0.15, 0.2) is 5.75 Å². The molecular weight excluding hydrogens is 471 g/mol. The molecule has 0 fully saturated rings. The molecule has 2 aromatic rings. The number of rotatable bonds is 7. The van der Waals surface area contributed by atoms with Crippen molar-refractivity contribution in [3.8, 4) is 5.75 Å². The predicted molar refractivity (Wildman–Crippen MR) is 93.9 cm³/mol. The smallest absolute Gasteiger partial charge is 0.462 e. The summed E-state index contributed by atoms with van der Waals surface area (Å²) in [5.74, 6) is -6.91. The Morgan fingerprint density at radius 1 is 0.967 bits per heavy atom. The van der Waals surface area contributed by atoms with E-state index in [0.29, 0.717) is 17.2 Å². The molecule has 13 heteroatoms. The Balaban J connectivity index is 2.11. The first-order chi connectivity index (χ1) is 13.7. The van der Waals surface area contributed by atoms with E-state index in [9.17, 15) is 35.1 Å². The number of alkyl halides is 7. The van der Waals surface area contributed by atoms with Gasteiger partial charge in [0, 0.05) is 0 Å². The topological polar surface area (TPSA) is 33.6 Å². The quantitative estimate of drug-likeness (QED) is 0.214. The maximum Gasteiger partial charge on any atom is 0.462 e. The van der Waals surface area contributed by atoms with Crippen molar-refractivity contribution < 1.29 is 39.9 Å². The second-order valence-corrected chi connectivity index (χ2v) is 6.56. The Hall–Kier alpha value is -2.27. The highest BCUT2D eigenvalue weighted by Gasteiger charge is 2.73. The highest BCUT2D eigenvalue weighted by molar-refractivity contribution is 6.37. The summed E-state index contributed by atoms with van der Waals surface area (Å²) in [6.45, 7) is -0.120. The first-order valence-electron chi connectivity index (χ1n) is 7.73. The minimum absolute atomic E-state index is 0.0540. The van der Waals surface area contributed by atoms with Crippen LogP contribution in [0.25, 0.3) is 0 Å². The first-order valence-corrected chi connectivity index (χ1v) is 8.49. The molecule has 0 heterocycles. The number of nitrogens with zero attached hydrogens (tertiary/aromatic N) is 1. The summed E-state index contributed by atoms with van der Waals surface area (Å²) >= 11 is 11.9. The zero-order valence-electron chi connectivity index (χ0n) is 14.4. The van der Waals surface area contributed by atoms with Crippen molar-refractivity contribution in [2.24, 2.45) is 5.10 Å². The van der Waals surface area contributed by atoms with E-state index in [-0.39, 0.29) is 28.0 Å². The lowest BCUT2D eigenvalue weighted by molar-refractivity contribution is -0.361. The van der Waals surface area contributed by atoms with Crippen molar-refractivity contribution in [1.82, 2.24) is 5.43 Å². The van der Waals surface area contributed by atoms with E-state index < -0.39 is 24.0 Å². The van der Waals surface area contributed by atoms with E-state index in [1.807, 2.05) is 0 Å². The van der Waals surface area contributed by atoms with Gasteiger partial charge in [-0.25, -0.2) is 9.82 Å². The maximum atomic E-state index is 13.2. The van der Waals surface area contributed by atoms with E-state index in [4.69, 9.17) is 27.9 Å². The summed E-state index contributed by atoms with van der Waals surface area (Å²) in [4.78, 5) is 0. The number of halogens is 10. The van der Waals surface area contributed by atoms with Crippen LogP contribution >= 0.6 is 23.2 Å². The molecule has 0 unspecified atom stereocenters. The van der Waals surface area contributed by atoms with Crippen LogP contribution in [0.4, 0.5) is 35.1 Å². The van der Waals surface area contributed by atoms with Crippen LogP contribution in [0.1, 0.15) is 11.1 Å². The molecule has 0 aliphatic heterocycles. The average Bonchev–Trinajstić information content (AvgIpc) is 2.60. The van der Waals surface area contributed by atoms with Gasteiger partial charge in [0.1, 0.15) is 12.4 Å². The van der Waals surface area contributed by atoms with Gasteiger partial charge < -0.3 is 4.74 Å². The molecule has 0 bridgehead atoms. The van der Waals surface area contributed by atoms with Crippen LogP contribution in [0.3, 0.4) is 0 Å². The van der Waals surface area contributed by atoms with Crippen molar-refractivity contribution >= 4 is 29.4 Å². The molecule has 0 saturated carbocycles. The SMILES string of the molecule is Fc1cccc(COc2c(Cl)cc(/C=N/NC(F)(F)C(F)(F)C(F)(F)F)cc2Cl)c1. The highest BCUT2D eigenvalue weighted by atomic mass is 35.5. The van der Waals surface area contributed by atoms with Gasteiger partial charge in [-0.2, -0.15) is 35.8 Å². The number of hydrogen-bond donors (Lipinski definition) is 1. The number of benzene rings is 2. The van der Waals surface area contributed by atoms with E-state index in [2.05, 4.69) is 5.10 Å². The van der Waals surface area contributed by atoms with Gasteiger partial charge in [0.05, 0.1) is 16.3 Å². The molecule has 0 atom stereocenters. The second-order valence-electron chi connectivity index (χ2n) is 5.75. The van der Waals surface area contributed by atoms with Gasteiger partial charge in [-0.3, -0.25) is 0 Å².